The van der Waals surface area contributed by atoms with Gasteiger partial charge in [0, 0.05) is 19.2 Å². The first-order valence-corrected chi connectivity index (χ1v) is 9.09. The van der Waals surface area contributed by atoms with Crippen LogP contribution in [-0.4, -0.2) is 61.6 Å². The van der Waals surface area contributed by atoms with Gasteiger partial charge in [-0.25, -0.2) is 0 Å². The van der Waals surface area contributed by atoms with E-state index in [0.717, 1.165) is 51.7 Å². The lowest BCUT2D eigenvalue weighted by molar-refractivity contribution is -0.132. The Bertz CT molecular complexity index is 415. The minimum Gasteiger partial charge on any atom is -0.380 e. The maximum atomic E-state index is 12.3. The van der Waals surface area contributed by atoms with Crippen molar-refractivity contribution in [1.29, 1.82) is 5.41 Å². The van der Waals surface area contributed by atoms with Crippen molar-refractivity contribution in [3.8, 4) is 0 Å². The summed E-state index contributed by atoms with van der Waals surface area (Å²) in [6.45, 7) is 5.05. The Morgan fingerprint density at radius 2 is 2.29 bits per heavy atom. The highest BCUT2D eigenvalue weighted by Gasteiger charge is 2.40. The molecule has 0 aromatic carbocycles. The van der Waals surface area contributed by atoms with Crippen LogP contribution in [0.1, 0.15) is 51.9 Å². The number of rotatable bonds is 11. The third-order valence-electron chi connectivity index (χ3n) is 4.95. The molecule has 0 aromatic heterocycles. The second kappa shape index (κ2) is 11.4. The molecule has 138 valence electrons. The van der Waals surface area contributed by atoms with Crippen molar-refractivity contribution in [3.05, 3.63) is 6.08 Å². The van der Waals surface area contributed by atoms with Crippen LogP contribution >= 0.6 is 0 Å². The lowest BCUT2D eigenvalue weighted by Gasteiger charge is -2.43. The lowest BCUT2D eigenvalue weighted by atomic mass is 9.89. The zero-order valence-electron chi connectivity index (χ0n) is 15.3. The summed E-state index contributed by atoms with van der Waals surface area (Å²) in [5.74, 6) is 2.05. The number of nitrogens with zero attached hydrogens (tertiary/aromatic N) is 1. The molecule has 0 spiro atoms. The Labute approximate surface area is 146 Å². The van der Waals surface area contributed by atoms with Crippen LogP contribution < -0.4 is 11.1 Å². The highest BCUT2D eigenvalue weighted by molar-refractivity contribution is 5.84. The maximum Gasteiger partial charge on any atom is 0.237 e. The molecule has 0 aromatic rings. The van der Waals surface area contributed by atoms with Crippen molar-refractivity contribution in [2.24, 2.45) is 5.73 Å². The summed E-state index contributed by atoms with van der Waals surface area (Å²) >= 11 is 0. The fraction of sp³-hybridized carbons (Fsp3) is 0.833. The smallest absolute Gasteiger partial charge is 0.237 e. The number of primary amides is 1. The summed E-state index contributed by atoms with van der Waals surface area (Å²) in [6.07, 6.45) is 8.31. The van der Waals surface area contributed by atoms with E-state index in [1.807, 2.05) is 14.0 Å². The van der Waals surface area contributed by atoms with E-state index in [0.29, 0.717) is 19.6 Å². The molecule has 1 aliphatic heterocycles. The summed E-state index contributed by atoms with van der Waals surface area (Å²) < 4.78 is 5.75. The Kier molecular flexibility index (Phi) is 9.88. The lowest BCUT2D eigenvalue weighted by Crippen LogP contribution is -2.60. The highest BCUT2D eigenvalue weighted by Crippen LogP contribution is 2.28. The largest absolute Gasteiger partial charge is 0.380 e. The zero-order valence-corrected chi connectivity index (χ0v) is 15.3. The third kappa shape index (κ3) is 6.36. The van der Waals surface area contributed by atoms with Gasteiger partial charge >= 0.3 is 0 Å². The van der Waals surface area contributed by atoms with E-state index in [4.69, 9.17) is 15.9 Å². The Morgan fingerprint density at radius 3 is 2.96 bits per heavy atom. The molecule has 2 atom stereocenters. The Morgan fingerprint density at radius 1 is 1.50 bits per heavy atom. The van der Waals surface area contributed by atoms with E-state index in [9.17, 15) is 4.79 Å². The molecule has 1 aliphatic rings. The SMILES string of the molecule is CNCCCC[C@@](C)(C(N)=O)N(CCC=C=N)C1CCCCOC1. The monoisotopic (exact) mass is 338 g/mol. The van der Waals surface area contributed by atoms with E-state index in [1.54, 1.807) is 6.08 Å². The standard InChI is InChI=1S/C18H34N4O2/c1-18(17(20)23,10-4-6-12-21-2)22(13-7-5-11-19)16-9-3-8-14-24-15-16/h5,16,19,21H,3-4,6-10,12-15H2,1-2H3,(H2,20,23)/t16?,18-/m0/s1. The number of unbranched alkanes of at least 4 members (excludes halogenated alkanes) is 1. The molecular formula is C18H34N4O2. The van der Waals surface area contributed by atoms with Gasteiger partial charge in [-0.1, -0.05) is 0 Å². The van der Waals surface area contributed by atoms with Crippen molar-refractivity contribution in [3.63, 3.8) is 0 Å². The molecule has 6 nitrogen and oxygen atoms in total. The van der Waals surface area contributed by atoms with Gasteiger partial charge in [0.25, 0.3) is 0 Å². The van der Waals surface area contributed by atoms with E-state index in [-0.39, 0.29) is 11.9 Å². The van der Waals surface area contributed by atoms with Gasteiger partial charge in [0.2, 0.25) is 5.91 Å². The van der Waals surface area contributed by atoms with Crippen molar-refractivity contribution < 1.29 is 9.53 Å². The van der Waals surface area contributed by atoms with Crippen molar-refractivity contribution >= 4 is 11.8 Å². The molecule has 1 fully saturated rings. The first kappa shape index (κ1) is 20.8. The molecule has 0 radical (unpaired) electrons. The van der Waals surface area contributed by atoms with Crippen LogP contribution in [0.5, 0.6) is 0 Å². The second-order valence-corrected chi connectivity index (χ2v) is 6.75. The predicted octanol–water partition coefficient (Wildman–Crippen LogP) is 1.69. The summed E-state index contributed by atoms with van der Waals surface area (Å²) in [4.78, 5) is 14.6. The van der Waals surface area contributed by atoms with Crippen molar-refractivity contribution in [2.75, 3.05) is 33.4 Å². The van der Waals surface area contributed by atoms with Gasteiger partial charge < -0.3 is 15.8 Å². The summed E-state index contributed by atoms with van der Waals surface area (Å²) in [7, 11) is 1.94. The van der Waals surface area contributed by atoms with Crippen LogP contribution in [-0.2, 0) is 9.53 Å². The minimum absolute atomic E-state index is 0.202. The first-order valence-electron chi connectivity index (χ1n) is 9.09. The van der Waals surface area contributed by atoms with E-state index >= 15 is 0 Å². The fourth-order valence-corrected chi connectivity index (χ4v) is 3.42. The van der Waals surface area contributed by atoms with Gasteiger partial charge in [-0.3, -0.25) is 15.1 Å². The van der Waals surface area contributed by atoms with Crippen LogP contribution in [0.25, 0.3) is 0 Å². The van der Waals surface area contributed by atoms with Gasteiger partial charge in [0.05, 0.1) is 12.1 Å². The van der Waals surface area contributed by atoms with Crippen molar-refractivity contribution in [2.45, 2.75) is 63.5 Å². The molecule has 1 rings (SSSR count). The molecular weight excluding hydrogens is 304 g/mol. The predicted molar refractivity (Wildman–Crippen MR) is 97.5 cm³/mol. The molecule has 1 amide bonds. The van der Waals surface area contributed by atoms with Crippen molar-refractivity contribution in [1.82, 2.24) is 10.2 Å². The van der Waals surface area contributed by atoms with Gasteiger partial charge in [0.15, 0.2) is 0 Å². The average Bonchev–Trinajstić information content (AvgIpc) is 2.84. The number of hydrogen-bond acceptors (Lipinski definition) is 5. The number of amides is 1. The Balaban J connectivity index is 2.90. The molecule has 4 N–H and O–H groups in total. The van der Waals surface area contributed by atoms with Gasteiger partial charge in [-0.15, -0.1) is 0 Å². The summed E-state index contributed by atoms with van der Waals surface area (Å²) in [6, 6.07) is 0.202. The molecule has 0 bridgehead atoms. The van der Waals surface area contributed by atoms with E-state index in [1.165, 1.54) is 0 Å². The first-order chi connectivity index (χ1) is 11.6. The molecule has 0 aliphatic carbocycles. The highest BCUT2D eigenvalue weighted by atomic mass is 16.5. The van der Waals surface area contributed by atoms with Crippen LogP contribution in [0.15, 0.2) is 6.08 Å². The number of carbonyl (C=O) groups excluding carboxylic acids is 1. The molecule has 6 heteroatoms. The summed E-state index contributed by atoms with van der Waals surface area (Å²) in [5.41, 5.74) is 5.16. The zero-order chi connectivity index (χ0) is 17.8. The molecule has 1 saturated heterocycles. The topological polar surface area (TPSA) is 91.4 Å². The molecule has 24 heavy (non-hydrogen) atoms. The number of nitrogens with one attached hydrogen (secondary N) is 2. The number of ether oxygens (including phenoxy) is 1. The fourth-order valence-electron chi connectivity index (χ4n) is 3.42. The maximum absolute atomic E-state index is 12.3. The van der Waals surface area contributed by atoms with Crippen LogP contribution in [0.3, 0.4) is 0 Å². The Hall–Kier alpha value is -1.20. The van der Waals surface area contributed by atoms with E-state index in [2.05, 4.69) is 16.1 Å². The van der Waals surface area contributed by atoms with Crippen LogP contribution in [0, 0.1) is 5.41 Å². The van der Waals surface area contributed by atoms with Crippen LogP contribution in [0.2, 0.25) is 0 Å². The second-order valence-electron chi connectivity index (χ2n) is 6.75. The number of nitrogens with two attached hydrogens (primary N) is 1. The van der Waals surface area contributed by atoms with Gasteiger partial charge in [-0.2, -0.15) is 0 Å². The third-order valence-corrected chi connectivity index (χ3v) is 4.95. The molecule has 0 saturated carbocycles. The van der Waals surface area contributed by atoms with Gasteiger partial charge in [0.1, 0.15) is 0 Å². The quantitative estimate of drug-likeness (QED) is 0.395. The number of carbonyl (C=O) groups is 1. The molecule has 1 heterocycles. The minimum atomic E-state index is -0.679. The average molecular weight is 338 g/mol. The number of hydrogen-bond donors (Lipinski definition) is 3. The normalized spacial score (nSPS) is 20.9. The molecule has 1 unspecified atom stereocenters. The van der Waals surface area contributed by atoms with Crippen LogP contribution in [0.4, 0.5) is 0 Å². The van der Waals surface area contributed by atoms with E-state index < -0.39 is 5.54 Å². The summed E-state index contributed by atoms with van der Waals surface area (Å²) in [5, 5.41) is 10.2. The van der Waals surface area contributed by atoms with Gasteiger partial charge in [-0.05, 0) is 77.4 Å².